The molecule has 2 aromatic rings. The van der Waals surface area contributed by atoms with Crippen LogP contribution in [0.3, 0.4) is 0 Å². The number of alkyl halides is 1. The zero-order valence-corrected chi connectivity index (χ0v) is 12.8. The van der Waals surface area contributed by atoms with Crippen LogP contribution in [0.5, 0.6) is 0 Å². The third kappa shape index (κ3) is 2.76. The zero-order chi connectivity index (χ0) is 13.2. The van der Waals surface area contributed by atoms with Crippen molar-refractivity contribution in [2.45, 2.75) is 25.2 Å². The highest BCUT2D eigenvalue weighted by atomic mass is 79.9. The summed E-state index contributed by atoms with van der Waals surface area (Å²) < 4.78 is 0. The van der Waals surface area contributed by atoms with Crippen LogP contribution >= 0.6 is 15.9 Å². The van der Waals surface area contributed by atoms with Crippen molar-refractivity contribution in [3.8, 4) is 0 Å². The number of aryl methyl sites for hydroxylation is 1. The van der Waals surface area contributed by atoms with Crippen LogP contribution in [0.25, 0.3) is 0 Å². The van der Waals surface area contributed by atoms with E-state index < -0.39 is 0 Å². The lowest BCUT2D eigenvalue weighted by Crippen LogP contribution is -2.04. The van der Waals surface area contributed by atoms with Crippen molar-refractivity contribution in [3.63, 3.8) is 0 Å². The normalized spacial score (nSPS) is 23.1. The molecule has 0 spiro atoms. The van der Waals surface area contributed by atoms with Gasteiger partial charge in [0.1, 0.15) is 0 Å². The number of rotatable bonds is 4. The lowest BCUT2D eigenvalue weighted by molar-refractivity contribution is 0.656. The van der Waals surface area contributed by atoms with Gasteiger partial charge in [-0.15, -0.1) is 0 Å². The maximum absolute atomic E-state index is 3.72. The van der Waals surface area contributed by atoms with Crippen LogP contribution < -0.4 is 0 Å². The summed E-state index contributed by atoms with van der Waals surface area (Å²) in [5, 5.41) is 1.06. The van der Waals surface area contributed by atoms with Gasteiger partial charge in [-0.1, -0.05) is 76.1 Å². The maximum Gasteiger partial charge on any atom is 0.0103 e. The van der Waals surface area contributed by atoms with Gasteiger partial charge in [0.2, 0.25) is 0 Å². The highest BCUT2D eigenvalue weighted by Crippen LogP contribution is 2.55. The van der Waals surface area contributed by atoms with Crippen molar-refractivity contribution < 1.29 is 0 Å². The number of hydrogen-bond acceptors (Lipinski definition) is 0. The van der Waals surface area contributed by atoms with Gasteiger partial charge >= 0.3 is 0 Å². The molecule has 0 radical (unpaired) electrons. The highest BCUT2D eigenvalue weighted by molar-refractivity contribution is 9.09. The highest BCUT2D eigenvalue weighted by Gasteiger charge is 2.43. The van der Waals surface area contributed by atoms with E-state index in [1.54, 1.807) is 0 Å². The average Bonchev–Trinajstić information content (AvgIpc) is 3.21. The molecule has 2 aromatic carbocycles. The molecule has 0 heterocycles. The number of halogens is 1. The minimum Gasteiger partial charge on any atom is -0.0921 e. The van der Waals surface area contributed by atoms with Gasteiger partial charge in [-0.3, -0.25) is 0 Å². The summed E-state index contributed by atoms with van der Waals surface area (Å²) in [6.45, 7) is 2.18. The van der Waals surface area contributed by atoms with Gasteiger partial charge in [-0.05, 0) is 42.2 Å². The van der Waals surface area contributed by atoms with E-state index in [4.69, 9.17) is 0 Å². The van der Waals surface area contributed by atoms with E-state index in [0.29, 0.717) is 5.92 Å². The second-order valence-corrected chi connectivity index (χ2v) is 6.24. The first-order valence-corrected chi connectivity index (χ1v) is 8.09. The third-order valence-corrected chi connectivity index (χ3v) is 4.92. The smallest absolute Gasteiger partial charge is 0.0103 e. The van der Waals surface area contributed by atoms with E-state index in [1.807, 2.05) is 0 Å². The summed E-state index contributed by atoms with van der Waals surface area (Å²) in [5.41, 5.74) is 4.35. The van der Waals surface area contributed by atoms with Gasteiger partial charge in [-0.2, -0.15) is 0 Å². The molecule has 0 aliphatic heterocycles. The molecule has 98 valence electrons. The summed E-state index contributed by atoms with van der Waals surface area (Å²) in [7, 11) is 0. The van der Waals surface area contributed by atoms with E-state index in [-0.39, 0.29) is 0 Å². The first kappa shape index (κ1) is 12.9. The molecule has 0 nitrogen and oxygen atoms in total. The van der Waals surface area contributed by atoms with Crippen LogP contribution in [0.1, 0.15) is 34.9 Å². The fourth-order valence-electron chi connectivity index (χ4n) is 3.09. The van der Waals surface area contributed by atoms with Gasteiger partial charge in [0, 0.05) is 5.33 Å². The largest absolute Gasteiger partial charge is 0.0921 e. The number of hydrogen-bond donors (Lipinski definition) is 0. The van der Waals surface area contributed by atoms with Crippen molar-refractivity contribution in [1.29, 1.82) is 0 Å². The van der Waals surface area contributed by atoms with Crippen molar-refractivity contribution >= 4 is 15.9 Å². The summed E-state index contributed by atoms with van der Waals surface area (Å²) in [6, 6.07) is 19.9. The van der Waals surface area contributed by atoms with Gasteiger partial charge < -0.3 is 0 Å². The fourth-order valence-corrected chi connectivity index (χ4v) is 3.95. The van der Waals surface area contributed by atoms with Crippen LogP contribution in [-0.2, 0) is 0 Å². The Balaban J connectivity index is 1.79. The molecule has 0 bridgehead atoms. The summed E-state index contributed by atoms with van der Waals surface area (Å²) >= 11 is 3.72. The first-order chi connectivity index (χ1) is 9.29. The molecule has 3 unspecified atom stereocenters. The average molecular weight is 315 g/mol. The standard InChI is InChI=1S/C18H19Br/c1-13-6-5-9-15(10-13)18(12-19)17-11-16(17)14-7-3-2-4-8-14/h2-10,16-18H,11-12H2,1H3. The quantitative estimate of drug-likeness (QED) is 0.674. The molecule has 3 rings (SSSR count). The molecule has 3 atom stereocenters. The van der Waals surface area contributed by atoms with Gasteiger partial charge in [0.05, 0.1) is 0 Å². The molecule has 1 fully saturated rings. The topological polar surface area (TPSA) is 0 Å². The molecule has 19 heavy (non-hydrogen) atoms. The summed E-state index contributed by atoms with van der Waals surface area (Å²) in [5.74, 6) is 2.19. The Kier molecular flexibility index (Phi) is 3.74. The van der Waals surface area contributed by atoms with E-state index >= 15 is 0 Å². The Morgan fingerprint density at radius 2 is 1.89 bits per heavy atom. The van der Waals surface area contributed by atoms with E-state index in [1.165, 1.54) is 23.1 Å². The van der Waals surface area contributed by atoms with Crippen molar-refractivity contribution in [2.75, 3.05) is 5.33 Å². The first-order valence-electron chi connectivity index (χ1n) is 6.97. The molecular formula is C18H19Br. The molecule has 1 aliphatic carbocycles. The molecule has 1 aliphatic rings. The minimum absolute atomic E-state index is 0.644. The Morgan fingerprint density at radius 1 is 1.11 bits per heavy atom. The zero-order valence-electron chi connectivity index (χ0n) is 11.2. The van der Waals surface area contributed by atoms with Gasteiger partial charge in [0.15, 0.2) is 0 Å². The predicted molar refractivity (Wildman–Crippen MR) is 85.0 cm³/mol. The molecule has 0 amide bonds. The second kappa shape index (κ2) is 5.50. The Labute approximate surface area is 124 Å². The Morgan fingerprint density at radius 3 is 2.58 bits per heavy atom. The third-order valence-electron chi connectivity index (χ3n) is 4.22. The van der Waals surface area contributed by atoms with E-state index in [0.717, 1.165) is 17.2 Å². The van der Waals surface area contributed by atoms with Gasteiger partial charge in [-0.25, -0.2) is 0 Å². The maximum atomic E-state index is 3.72. The fraction of sp³-hybridized carbons (Fsp3) is 0.333. The number of benzene rings is 2. The monoisotopic (exact) mass is 314 g/mol. The Hall–Kier alpha value is -1.08. The summed E-state index contributed by atoms with van der Waals surface area (Å²) in [4.78, 5) is 0. The Bertz CT molecular complexity index is 547. The summed E-state index contributed by atoms with van der Waals surface area (Å²) in [6.07, 6.45) is 1.33. The SMILES string of the molecule is Cc1cccc(C(CBr)C2CC2c2ccccc2)c1. The van der Waals surface area contributed by atoms with Crippen LogP contribution in [-0.4, -0.2) is 5.33 Å². The van der Waals surface area contributed by atoms with Crippen LogP contribution in [0.15, 0.2) is 54.6 Å². The molecule has 0 saturated heterocycles. The molecule has 0 N–H and O–H groups in total. The second-order valence-electron chi connectivity index (χ2n) is 5.59. The predicted octanol–water partition coefficient (Wildman–Crippen LogP) is 5.28. The van der Waals surface area contributed by atoms with Crippen LogP contribution in [0.2, 0.25) is 0 Å². The molecule has 1 saturated carbocycles. The lowest BCUT2D eigenvalue weighted by atomic mass is 9.92. The van der Waals surface area contributed by atoms with E-state index in [2.05, 4.69) is 77.5 Å². The molecular weight excluding hydrogens is 296 g/mol. The molecule has 0 aromatic heterocycles. The lowest BCUT2D eigenvalue weighted by Gasteiger charge is -2.15. The van der Waals surface area contributed by atoms with Crippen molar-refractivity contribution in [3.05, 3.63) is 71.3 Å². The van der Waals surface area contributed by atoms with E-state index in [9.17, 15) is 0 Å². The van der Waals surface area contributed by atoms with Crippen LogP contribution in [0, 0.1) is 12.8 Å². The van der Waals surface area contributed by atoms with Crippen molar-refractivity contribution in [2.24, 2.45) is 5.92 Å². The van der Waals surface area contributed by atoms with Crippen LogP contribution in [0.4, 0.5) is 0 Å². The molecule has 1 heteroatoms. The minimum atomic E-state index is 0.644. The van der Waals surface area contributed by atoms with Gasteiger partial charge in [0.25, 0.3) is 0 Å². The van der Waals surface area contributed by atoms with Crippen molar-refractivity contribution in [1.82, 2.24) is 0 Å².